The monoisotopic (exact) mass is 443 g/mol. The Morgan fingerprint density at radius 3 is 2.73 bits per heavy atom. The number of nitrogens with one attached hydrogen (secondary N) is 1. The molecule has 0 aliphatic heterocycles. The molecule has 6 nitrogen and oxygen atoms in total. The molecule has 30 heavy (non-hydrogen) atoms. The van der Waals surface area contributed by atoms with Crippen molar-refractivity contribution < 1.29 is 13.6 Å². The van der Waals surface area contributed by atoms with Gasteiger partial charge in [0.2, 0.25) is 5.91 Å². The van der Waals surface area contributed by atoms with Crippen molar-refractivity contribution in [3.63, 3.8) is 0 Å². The number of carbonyl (C=O) groups excluding carboxylic acids is 1. The molecule has 1 amide bonds. The molecule has 4 aromatic rings. The zero-order chi connectivity index (χ0) is 21.3. The highest BCUT2D eigenvalue weighted by molar-refractivity contribution is 7.99. The summed E-state index contributed by atoms with van der Waals surface area (Å²) in [5, 5.41) is 3.70. The van der Waals surface area contributed by atoms with Gasteiger partial charge in [-0.1, -0.05) is 11.8 Å². The minimum atomic E-state index is -0.394. The van der Waals surface area contributed by atoms with Crippen LogP contribution in [0.5, 0.6) is 0 Å². The maximum absolute atomic E-state index is 13.4. The first-order chi connectivity index (χ1) is 14.4. The van der Waals surface area contributed by atoms with Gasteiger partial charge in [0.05, 0.1) is 29.6 Å². The number of halogens is 1. The number of rotatable bonds is 6. The topological polar surface area (TPSA) is 77.1 Å². The fraction of sp³-hybridized carbons (Fsp3) is 0.190. The van der Waals surface area contributed by atoms with Gasteiger partial charge in [0.15, 0.2) is 5.16 Å². The molecular weight excluding hydrogens is 425 g/mol. The number of thiophene rings is 1. The van der Waals surface area contributed by atoms with Crippen molar-refractivity contribution in [3.8, 4) is 5.69 Å². The highest BCUT2D eigenvalue weighted by Gasteiger charge is 2.19. The van der Waals surface area contributed by atoms with Gasteiger partial charge in [-0.25, -0.2) is 9.37 Å². The van der Waals surface area contributed by atoms with Crippen LogP contribution in [0, 0.1) is 19.7 Å². The lowest BCUT2D eigenvalue weighted by atomic mass is 10.2. The zero-order valence-corrected chi connectivity index (χ0v) is 17.9. The van der Waals surface area contributed by atoms with Crippen LogP contribution in [0.2, 0.25) is 0 Å². The Hall–Kier alpha value is -2.91. The lowest BCUT2D eigenvalue weighted by Gasteiger charge is -2.12. The fourth-order valence-electron chi connectivity index (χ4n) is 2.97. The van der Waals surface area contributed by atoms with Crippen molar-refractivity contribution in [3.05, 3.63) is 75.0 Å². The van der Waals surface area contributed by atoms with E-state index < -0.39 is 5.82 Å². The van der Waals surface area contributed by atoms with Gasteiger partial charge in [0.25, 0.3) is 5.56 Å². The van der Waals surface area contributed by atoms with E-state index in [0.717, 1.165) is 22.2 Å². The van der Waals surface area contributed by atoms with E-state index in [1.54, 1.807) is 18.4 Å². The van der Waals surface area contributed by atoms with E-state index in [1.165, 1.54) is 40.2 Å². The summed E-state index contributed by atoms with van der Waals surface area (Å²) in [5.41, 5.74) is 1.15. The maximum atomic E-state index is 13.4. The summed E-state index contributed by atoms with van der Waals surface area (Å²) in [5.74, 6) is 0.119. The molecule has 1 N–H and O–H groups in total. The molecule has 0 spiro atoms. The SMILES string of the molecule is Cc1sc2nc(SCC(=O)NCc3ccco3)n(-c3ccc(F)cc3)c(=O)c2c1C. The number of hydrogen-bond donors (Lipinski definition) is 1. The molecule has 0 bridgehead atoms. The molecule has 1 aromatic carbocycles. The normalized spacial score (nSPS) is 11.2. The van der Waals surface area contributed by atoms with Crippen LogP contribution >= 0.6 is 23.1 Å². The molecule has 0 unspecified atom stereocenters. The predicted octanol–water partition coefficient (Wildman–Crippen LogP) is 4.20. The van der Waals surface area contributed by atoms with Gasteiger partial charge in [-0.2, -0.15) is 0 Å². The second-order valence-electron chi connectivity index (χ2n) is 6.62. The minimum absolute atomic E-state index is 0.0726. The molecule has 0 aliphatic rings. The van der Waals surface area contributed by atoms with E-state index in [-0.39, 0.29) is 23.8 Å². The number of hydrogen-bond acceptors (Lipinski definition) is 6. The van der Waals surface area contributed by atoms with Crippen LogP contribution in [-0.4, -0.2) is 21.2 Å². The Kier molecular flexibility index (Phi) is 5.74. The molecular formula is C21H18FN3O3S2. The van der Waals surface area contributed by atoms with Gasteiger partial charge in [-0.15, -0.1) is 11.3 Å². The summed E-state index contributed by atoms with van der Waals surface area (Å²) < 4.78 is 20.1. The molecule has 154 valence electrons. The Morgan fingerprint density at radius 1 is 1.27 bits per heavy atom. The van der Waals surface area contributed by atoms with Crippen LogP contribution in [0.25, 0.3) is 15.9 Å². The lowest BCUT2D eigenvalue weighted by molar-refractivity contribution is -0.118. The molecule has 3 aromatic heterocycles. The molecule has 0 aliphatic carbocycles. The van der Waals surface area contributed by atoms with E-state index in [1.807, 2.05) is 13.8 Å². The van der Waals surface area contributed by atoms with Gasteiger partial charge in [-0.05, 0) is 55.8 Å². The second kappa shape index (κ2) is 8.45. The summed E-state index contributed by atoms with van der Waals surface area (Å²) in [6.07, 6.45) is 1.54. The number of thioether (sulfide) groups is 1. The molecule has 0 atom stereocenters. The Balaban J connectivity index is 1.67. The summed E-state index contributed by atoms with van der Waals surface area (Å²) >= 11 is 2.60. The quantitative estimate of drug-likeness (QED) is 0.357. The Labute approximate surface area is 179 Å². The zero-order valence-electron chi connectivity index (χ0n) is 16.3. The predicted molar refractivity (Wildman–Crippen MR) is 116 cm³/mol. The van der Waals surface area contributed by atoms with Crippen molar-refractivity contribution in [2.24, 2.45) is 0 Å². The first-order valence-electron chi connectivity index (χ1n) is 9.14. The molecule has 3 heterocycles. The number of furan rings is 1. The number of fused-ring (bicyclic) bond motifs is 1. The first-order valence-corrected chi connectivity index (χ1v) is 10.9. The van der Waals surface area contributed by atoms with Crippen molar-refractivity contribution in [2.75, 3.05) is 5.75 Å². The van der Waals surface area contributed by atoms with Crippen LogP contribution in [-0.2, 0) is 11.3 Å². The van der Waals surface area contributed by atoms with Gasteiger partial charge < -0.3 is 9.73 Å². The number of amides is 1. The minimum Gasteiger partial charge on any atom is -0.467 e. The lowest BCUT2D eigenvalue weighted by Crippen LogP contribution is -2.26. The third-order valence-electron chi connectivity index (χ3n) is 4.63. The average Bonchev–Trinajstić information content (AvgIpc) is 3.34. The van der Waals surface area contributed by atoms with Crippen molar-refractivity contribution >= 4 is 39.2 Å². The molecule has 9 heteroatoms. The van der Waals surface area contributed by atoms with Crippen LogP contribution in [0.4, 0.5) is 4.39 Å². The van der Waals surface area contributed by atoms with Crippen LogP contribution < -0.4 is 10.9 Å². The molecule has 0 saturated heterocycles. The highest BCUT2D eigenvalue weighted by Crippen LogP contribution is 2.29. The van der Waals surface area contributed by atoms with Crippen LogP contribution in [0.3, 0.4) is 0 Å². The Morgan fingerprint density at radius 2 is 2.03 bits per heavy atom. The number of carbonyl (C=O) groups is 1. The van der Waals surface area contributed by atoms with Crippen molar-refractivity contribution in [1.29, 1.82) is 0 Å². The average molecular weight is 444 g/mol. The van der Waals surface area contributed by atoms with Gasteiger partial charge in [0, 0.05) is 4.88 Å². The van der Waals surface area contributed by atoms with Crippen LogP contribution in [0.1, 0.15) is 16.2 Å². The number of aryl methyl sites for hydroxylation is 2. The molecule has 0 radical (unpaired) electrons. The third-order valence-corrected chi connectivity index (χ3v) is 6.67. The maximum Gasteiger partial charge on any atom is 0.267 e. The fourth-order valence-corrected chi connectivity index (χ4v) is 4.88. The molecule has 0 fully saturated rings. The summed E-state index contributed by atoms with van der Waals surface area (Å²) in [4.78, 5) is 31.9. The molecule has 4 rings (SSSR count). The van der Waals surface area contributed by atoms with Crippen molar-refractivity contribution in [2.45, 2.75) is 25.5 Å². The van der Waals surface area contributed by atoms with E-state index >= 15 is 0 Å². The number of benzene rings is 1. The number of aromatic nitrogens is 2. The second-order valence-corrected chi connectivity index (χ2v) is 8.77. The van der Waals surface area contributed by atoms with Gasteiger partial charge >= 0.3 is 0 Å². The smallest absolute Gasteiger partial charge is 0.267 e. The summed E-state index contributed by atoms with van der Waals surface area (Å²) in [6, 6.07) is 9.17. The molecule has 0 saturated carbocycles. The van der Waals surface area contributed by atoms with E-state index in [0.29, 0.717) is 26.8 Å². The van der Waals surface area contributed by atoms with Crippen LogP contribution in [0.15, 0.2) is 57.0 Å². The highest BCUT2D eigenvalue weighted by atomic mass is 32.2. The largest absolute Gasteiger partial charge is 0.467 e. The number of nitrogens with zero attached hydrogens (tertiary/aromatic N) is 2. The van der Waals surface area contributed by atoms with Crippen molar-refractivity contribution in [1.82, 2.24) is 14.9 Å². The van der Waals surface area contributed by atoms with E-state index in [4.69, 9.17) is 4.42 Å². The van der Waals surface area contributed by atoms with E-state index in [2.05, 4.69) is 10.3 Å². The van der Waals surface area contributed by atoms with Gasteiger partial charge in [-0.3, -0.25) is 14.2 Å². The summed E-state index contributed by atoms with van der Waals surface area (Å²) in [7, 11) is 0. The Bertz CT molecular complexity index is 1260. The first kappa shape index (κ1) is 20.4. The third kappa shape index (κ3) is 4.03. The standard InChI is InChI=1S/C21H18FN3O3S2/c1-12-13(2)30-19-18(12)20(27)25(15-7-5-14(22)6-8-15)21(24-19)29-11-17(26)23-10-16-4-3-9-28-16/h3-9H,10-11H2,1-2H3,(H,23,26). The summed E-state index contributed by atoms with van der Waals surface area (Å²) in [6.45, 7) is 4.12. The van der Waals surface area contributed by atoms with E-state index in [9.17, 15) is 14.0 Å². The van der Waals surface area contributed by atoms with Gasteiger partial charge in [0.1, 0.15) is 16.4 Å².